The fourth-order valence-electron chi connectivity index (χ4n) is 3.70. The number of benzene rings is 2. The van der Waals surface area contributed by atoms with E-state index in [1.54, 1.807) is 7.11 Å². The van der Waals surface area contributed by atoms with E-state index in [1.807, 2.05) is 54.6 Å². The number of nitrogens with zero attached hydrogens (tertiary/aromatic N) is 3. The molecule has 2 aromatic carbocycles. The van der Waals surface area contributed by atoms with Crippen molar-refractivity contribution in [3.05, 3.63) is 65.7 Å². The van der Waals surface area contributed by atoms with Gasteiger partial charge in [0.05, 0.1) is 17.9 Å². The van der Waals surface area contributed by atoms with Gasteiger partial charge in [-0.1, -0.05) is 54.2 Å². The van der Waals surface area contributed by atoms with Gasteiger partial charge in [0.2, 0.25) is 11.8 Å². The molecule has 0 aromatic heterocycles. The first-order valence-corrected chi connectivity index (χ1v) is 12.3. The van der Waals surface area contributed by atoms with Crippen molar-refractivity contribution in [3.8, 4) is 0 Å². The molecule has 0 spiro atoms. The van der Waals surface area contributed by atoms with Crippen LogP contribution in [0.5, 0.6) is 0 Å². The molecule has 0 saturated heterocycles. The highest BCUT2D eigenvalue weighted by atomic mass is 32.2. The average molecular weight is 494 g/mol. The van der Waals surface area contributed by atoms with Gasteiger partial charge in [-0.3, -0.25) is 19.4 Å². The van der Waals surface area contributed by atoms with Crippen molar-refractivity contribution in [1.29, 1.82) is 0 Å². The molecule has 0 radical (unpaired) electrons. The van der Waals surface area contributed by atoms with Crippen LogP contribution in [0.15, 0.2) is 64.6 Å². The Morgan fingerprint density at radius 2 is 1.83 bits per heavy atom. The summed E-state index contributed by atoms with van der Waals surface area (Å²) >= 11 is 1.17. The van der Waals surface area contributed by atoms with Gasteiger partial charge in [0.25, 0.3) is 5.91 Å². The molecular formula is C25H27N5O4S. The first kappa shape index (κ1) is 24.6. The smallest absolute Gasteiger partial charge is 0.259 e. The maximum Gasteiger partial charge on any atom is 0.259 e. The summed E-state index contributed by atoms with van der Waals surface area (Å²) in [6, 6.07) is 16.1. The van der Waals surface area contributed by atoms with Crippen LogP contribution in [0.4, 0.5) is 5.69 Å². The molecule has 1 atom stereocenters. The van der Waals surface area contributed by atoms with Gasteiger partial charge >= 0.3 is 0 Å². The molecule has 2 N–H and O–H groups in total. The van der Waals surface area contributed by atoms with Gasteiger partial charge in [-0.05, 0) is 24.1 Å². The van der Waals surface area contributed by atoms with Crippen molar-refractivity contribution < 1.29 is 19.1 Å². The summed E-state index contributed by atoms with van der Waals surface area (Å²) in [4.78, 5) is 48.7. The zero-order valence-corrected chi connectivity index (χ0v) is 20.2. The second kappa shape index (κ2) is 11.8. The number of hydrogen-bond donors (Lipinski definition) is 2. The van der Waals surface area contributed by atoms with Crippen LogP contribution in [0.3, 0.4) is 0 Å². The topological polar surface area (TPSA) is 112 Å². The van der Waals surface area contributed by atoms with Crippen LogP contribution in [0.1, 0.15) is 24.0 Å². The molecule has 0 unspecified atom stereocenters. The molecule has 0 aliphatic carbocycles. The monoisotopic (exact) mass is 493 g/mol. The van der Waals surface area contributed by atoms with Gasteiger partial charge in [-0.25, -0.2) is 9.89 Å². The number of hydrogen-bond acceptors (Lipinski definition) is 7. The maximum atomic E-state index is 13.3. The van der Waals surface area contributed by atoms with Gasteiger partial charge in [0, 0.05) is 32.4 Å². The van der Waals surface area contributed by atoms with Crippen molar-refractivity contribution in [2.45, 2.75) is 25.4 Å². The molecule has 9 nitrogen and oxygen atoms in total. The molecule has 2 aliphatic rings. The molecule has 182 valence electrons. The van der Waals surface area contributed by atoms with Crippen LogP contribution in [0.2, 0.25) is 0 Å². The van der Waals surface area contributed by atoms with E-state index in [-0.39, 0.29) is 29.9 Å². The maximum absolute atomic E-state index is 13.3. The molecule has 4 rings (SSSR count). The van der Waals surface area contributed by atoms with E-state index in [0.29, 0.717) is 36.4 Å². The lowest BCUT2D eigenvalue weighted by Gasteiger charge is -2.25. The Hall–Kier alpha value is -3.50. The van der Waals surface area contributed by atoms with Gasteiger partial charge in [0.1, 0.15) is 11.9 Å². The van der Waals surface area contributed by atoms with E-state index >= 15 is 0 Å². The number of nitrogens with one attached hydrogen (secondary N) is 2. The van der Waals surface area contributed by atoms with Gasteiger partial charge in [0.15, 0.2) is 5.17 Å². The zero-order valence-electron chi connectivity index (χ0n) is 19.4. The minimum Gasteiger partial charge on any atom is -0.385 e. The third kappa shape index (κ3) is 6.14. The van der Waals surface area contributed by atoms with Crippen molar-refractivity contribution in [1.82, 2.24) is 15.5 Å². The lowest BCUT2D eigenvalue weighted by Crippen LogP contribution is -2.42. The number of methoxy groups -OCH3 is 1. The molecule has 2 heterocycles. The molecule has 35 heavy (non-hydrogen) atoms. The largest absolute Gasteiger partial charge is 0.385 e. The number of para-hydroxylation sites is 1. The fraction of sp³-hybridized carbons (Fsp3) is 0.320. The van der Waals surface area contributed by atoms with Crippen LogP contribution in [0, 0.1) is 0 Å². The van der Waals surface area contributed by atoms with Crippen LogP contribution in [-0.2, 0) is 25.7 Å². The predicted molar refractivity (Wildman–Crippen MR) is 136 cm³/mol. The second-order valence-electron chi connectivity index (χ2n) is 8.01. The Morgan fingerprint density at radius 3 is 2.63 bits per heavy atom. The molecule has 10 heteroatoms. The van der Waals surface area contributed by atoms with Gasteiger partial charge in [-0.2, -0.15) is 0 Å². The third-order valence-corrected chi connectivity index (χ3v) is 6.38. The summed E-state index contributed by atoms with van der Waals surface area (Å²) < 4.78 is 4.98. The molecule has 0 bridgehead atoms. The van der Waals surface area contributed by atoms with Crippen molar-refractivity contribution in [2.24, 2.45) is 9.98 Å². The number of amides is 3. The lowest BCUT2D eigenvalue weighted by atomic mass is 10.1. The quantitative estimate of drug-likeness (QED) is 0.493. The average Bonchev–Trinajstić information content (AvgIpc) is 3.20. The Morgan fingerprint density at radius 1 is 1.06 bits per heavy atom. The van der Waals surface area contributed by atoms with Crippen molar-refractivity contribution in [3.63, 3.8) is 0 Å². The number of carbonyl (C=O) groups excluding carboxylic acids is 3. The van der Waals surface area contributed by atoms with Crippen molar-refractivity contribution in [2.75, 3.05) is 26.0 Å². The van der Waals surface area contributed by atoms with E-state index in [0.717, 1.165) is 17.5 Å². The first-order chi connectivity index (χ1) is 17.1. The minimum absolute atomic E-state index is 0.0637. The Bertz CT molecular complexity index is 1150. The van der Waals surface area contributed by atoms with E-state index < -0.39 is 6.04 Å². The Labute approximate surface area is 208 Å². The highest BCUT2D eigenvalue weighted by Crippen LogP contribution is 2.34. The zero-order chi connectivity index (χ0) is 24.6. The molecule has 2 aromatic rings. The molecule has 0 fully saturated rings. The van der Waals surface area contributed by atoms with Crippen LogP contribution in [0.25, 0.3) is 0 Å². The molecule has 0 saturated carbocycles. The summed E-state index contributed by atoms with van der Waals surface area (Å²) in [5, 5.41) is 6.06. The molecular weight excluding hydrogens is 466 g/mol. The summed E-state index contributed by atoms with van der Waals surface area (Å²) in [6.45, 7) is 1.46. The van der Waals surface area contributed by atoms with E-state index in [4.69, 9.17) is 4.74 Å². The standard InChI is InChI=1S/C25H27N5O4S/c1-34-13-7-12-26-22(32)16-35-25-29-19-11-6-5-10-18(19)23-28-20(24(33)30(23)25)14-21(31)27-15-17-8-3-2-4-9-17/h2-6,8-11,20H,7,12-16H2,1H3,(H,26,32)(H,27,31)/t20-/m0/s1. The van der Waals surface area contributed by atoms with Gasteiger partial charge in [-0.15, -0.1) is 0 Å². The van der Waals surface area contributed by atoms with Gasteiger partial charge < -0.3 is 15.4 Å². The predicted octanol–water partition coefficient (Wildman–Crippen LogP) is 2.24. The Balaban J connectivity index is 1.43. The normalized spacial score (nSPS) is 16.2. The van der Waals surface area contributed by atoms with E-state index in [1.165, 1.54) is 16.7 Å². The molecule has 3 amide bonds. The summed E-state index contributed by atoms with van der Waals surface area (Å²) in [5.74, 6) is -0.172. The van der Waals surface area contributed by atoms with Crippen LogP contribution >= 0.6 is 11.8 Å². The van der Waals surface area contributed by atoms with E-state index in [9.17, 15) is 14.4 Å². The fourth-order valence-corrected chi connectivity index (χ4v) is 4.53. The summed E-state index contributed by atoms with van der Waals surface area (Å²) in [7, 11) is 1.61. The first-order valence-electron chi connectivity index (χ1n) is 11.4. The Kier molecular flexibility index (Phi) is 8.27. The summed E-state index contributed by atoms with van der Waals surface area (Å²) in [5.41, 5.74) is 2.37. The molecule has 2 aliphatic heterocycles. The number of rotatable bonds is 10. The third-order valence-electron chi connectivity index (χ3n) is 5.44. The highest BCUT2D eigenvalue weighted by Gasteiger charge is 2.42. The SMILES string of the molecule is COCCCNC(=O)CSC1=Nc2ccccc2C2=N[C@@H](CC(=O)NCc3ccccc3)C(=O)N12. The van der Waals surface area contributed by atoms with E-state index in [2.05, 4.69) is 20.6 Å². The van der Waals surface area contributed by atoms with Crippen LogP contribution in [-0.4, -0.2) is 65.7 Å². The number of carbonyl (C=O) groups is 3. The second-order valence-corrected chi connectivity index (χ2v) is 8.95. The highest BCUT2D eigenvalue weighted by molar-refractivity contribution is 8.14. The number of amidine groups is 2. The van der Waals surface area contributed by atoms with Crippen molar-refractivity contribution >= 4 is 46.2 Å². The number of fused-ring (bicyclic) bond motifs is 3. The number of aliphatic imine (C=N–C) groups is 2. The number of ether oxygens (including phenoxy) is 1. The minimum atomic E-state index is -0.847. The number of thioether (sulfide) groups is 1. The summed E-state index contributed by atoms with van der Waals surface area (Å²) in [6.07, 6.45) is 0.655. The lowest BCUT2D eigenvalue weighted by molar-refractivity contribution is -0.128. The van der Waals surface area contributed by atoms with Crippen LogP contribution < -0.4 is 10.6 Å².